The van der Waals surface area contributed by atoms with Gasteiger partial charge in [0.05, 0.1) is 5.69 Å². The first-order chi connectivity index (χ1) is 7.58. The van der Waals surface area contributed by atoms with Gasteiger partial charge in [0.1, 0.15) is 5.82 Å². The molecule has 0 saturated heterocycles. The fourth-order valence-electron chi connectivity index (χ4n) is 1.48. The van der Waals surface area contributed by atoms with Gasteiger partial charge in [-0.1, -0.05) is 12.1 Å². The van der Waals surface area contributed by atoms with E-state index in [0.717, 1.165) is 0 Å². The molecule has 0 spiro atoms. The number of imidazole rings is 1. The van der Waals surface area contributed by atoms with Crippen LogP contribution in [0.1, 0.15) is 10.6 Å². The summed E-state index contributed by atoms with van der Waals surface area (Å²) in [5, 5.41) is 0. The van der Waals surface area contributed by atoms with E-state index >= 15 is 0 Å². The Hall–Kier alpha value is -2.17. The van der Waals surface area contributed by atoms with E-state index in [9.17, 15) is 9.18 Å². The molecule has 0 aliphatic carbocycles. The van der Waals surface area contributed by atoms with Crippen molar-refractivity contribution in [3.05, 3.63) is 42.1 Å². The van der Waals surface area contributed by atoms with Gasteiger partial charge in [0, 0.05) is 18.8 Å². The van der Waals surface area contributed by atoms with Crippen LogP contribution in [-0.4, -0.2) is 15.5 Å². The maximum Gasteiger partial charge on any atom is 0.284 e. The summed E-state index contributed by atoms with van der Waals surface area (Å²) in [6.45, 7) is 0. The SMILES string of the molecule is Cn1cc(-c2cccc(F)c2)nc1C(N)=O. The second kappa shape index (κ2) is 3.77. The molecule has 0 saturated carbocycles. The summed E-state index contributed by atoms with van der Waals surface area (Å²) >= 11 is 0. The van der Waals surface area contributed by atoms with Gasteiger partial charge in [-0.15, -0.1) is 0 Å². The van der Waals surface area contributed by atoms with Gasteiger partial charge in [-0.2, -0.15) is 0 Å². The second-order valence-electron chi connectivity index (χ2n) is 3.44. The fourth-order valence-corrected chi connectivity index (χ4v) is 1.48. The van der Waals surface area contributed by atoms with Crippen molar-refractivity contribution in [2.75, 3.05) is 0 Å². The van der Waals surface area contributed by atoms with Gasteiger partial charge in [0.15, 0.2) is 5.82 Å². The molecular weight excluding hydrogens is 209 g/mol. The van der Waals surface area contributed by atoms with Crippen molar-refractivity contribution in [1.82, 2.24) is 9.55 Å². The van der Waals surface area contributed by atoms with Gasteiger partial charge in [-0.25, -0.2) is 9.37 Å². The Morgan fingerprint density at radius 1 is 1.50 bits per heavy atom. The standard InChI is InChI=1S/C11H10FN3O/c1-15-6-9(14-11(15)10(13)16)7-3-2-4-8(12)5-7/h2-6H,1H3,(H2,13,16). The molecule has 5 heteroatoms. The number of primary amides is 1. The fraction of sp³-hybridized carbons (Fsp3) is 0.0909. The average molecular weight is 219 g/mol. The molecule has 0 aliphatic rings. The van der Waals surface area contributed by atoms with Gasteiger partial charge in [-0.05, 0) is 12.1 Å². The second-order valence-corrected chi connectivity index (χ2v) is 3.44. The van der Waals surface area contributed by atoms with Crippen LogP contribution in [0.25, 0.3) is 11.3 Å². The molecule has 0 aliphatic heterocycles. The third-order valence-electron chi connectivity index (χ3n) is 2.22. The summed E-state index contributed by atoms with van der Waals surface area (Å²) in [6, 6.07) is 6.01. The molecule has 4 nitrogen and oxygen atoms in total. The average Bonchev–Trinajstić information content (AvgIpc) is 2.60. The Kier molecular flexibility index (Phi) is 2.44. The lowest BCUT2D eigenvalue weighted by molar-refractivity contribution is 0.0987. The van der Waals surface area contributed by atoms with Crippen molar-refractivity contribution in [3.8, 4) is 11.3 Å². The van der Waals surface area contributed by atoms with E-state index in [2.05, 4.69) is 4.98 Å². The van der Waals surface area contributed by atoms with Gasteiger partial charge in [0.2, 0.25) is 0 Å². The molecule has 2 aromatic rings. The molecule has 1 amide bonds. The van der Waals surface area contributed by atoms with Crippen LogP contribution in [0.3, 0.4) is 0 Å². The molecule has 0 unspecified atom stereocenters. The molecular formula is C11H10FN3O. The van der Waals surface area contributed by atoms with Gasteiger partial charge in [-0.3, -0.25) is 4.79 Å². The molecule has 1 aromatic heterocycles. The number of rotatable bonds is 2. The van der Waals surface area contributed by atoms with Crippen LogP contribution in [0, 0.1) is 5.82 Å². The first kappa shape index (κ1) is 10.4. The smallest absolute Gasteiger partial charge is 0.284 e. The minimum atomic E-state index is -0.606. The van der Waals surface area contributed by atoms with E-state index in [0.29, 0.717) is 11.3 Å². The number of hydrogen-bond acceptors (Lipinski definition) is 2. The molecule has 0 fully saturated rings. The van der Waals surface area contributed by atoms with E-state index in [4.69, 9.17) is 5.73 Å². The number of halogens is 1. The summed E-state index contributed by atoms with van der Waals surface area (Å²) in [4.78, 5) is 15.0. The largest absolute Gasteiger partial charge is 0.363 e. The van der Waals surface area contributed by atoms with Crippen LogP contribution < -0.4 is 5.73 Å². The molecule has 0 bridgehead atoms. The number of nitrogens with two attached hydrogens (primary N) is 1. The highest BCUT2D eigenvalue weighted by atomic mass is 19.1. The van der Waals surface area contributed by atoms with Crippen molar-refractivity contribution in [2.45, 2.75) is 0 Å². The summed E-state index contributed by atoms with van der Waals surface area (Å²) in [7, 11) is 1.66. The Morgan fingerprint density at radius 2 is 2.25 bits per heavy atom. The minimum Gasteiger partial charge on any atom is -0.363 e. The predicted octanol–water partition coefficient (Wildman–Crippen LogP) is 1.33. The third-order valence-corrected chi connectivity index (χ3v) is 2.22. The highest BCUT2D eigenvalue weighted by Gasteiger charge is 2.11. The summed E-state index contributed by atoms with van der Waals surface area (Å²) < 4.78 is 14.5. The maximum absolute atomic E-state index is 13.0. The summed E-state index contributed by atoms with van der Waals surface area (Å²) in [6.07, 6.45) is 1.63. The third kappa shape index (κ3) is 1.79. The molecule has 1 heterocycles. The minimum absolute atomic E-state index is 0.152. The molecule has 82 valence electrons. The quantitative estimate of drug-likeness (QED) is 0.828. The number of amides is 1. The van der Waals surface area contributed by atoms with E-state index in [1.807, 2.05) is 0 Å². The van der Waals surface area contributed by atoms with Crippen LogP contribution in [0.15, 0.2) is 30.5 Å². The number of nitrogens with zero attached hydrogens (tertiary/aromatic N) is 2. The first-order valence-electron chi connectivity index (χ1n) is 4.67. The Labute approximate surface area is 91.5 Å². The molecule has 2 N–H and O–H groups in total. The molecule has 2 rings (SSSR count). The number of carbonyl (C=O) groups is 1. The number of carbonyl (C=O) groups excluding carboxylic acids is 1. The lowest BCUT2D eigenvalue weighted by Crippen LogP contribution is -2.16. The van der Waals surface area contributed by atoms with Gasteiger partial charge < -0.3 is 10.3 Å². The van der Waals surface area contributed by atoms with Crippen LogP contribution in [-0.2, 0) is 7.05 Å². The number of aromatic nitrogens is 2. The van der Waals surface area contributed by atoms with Crippen LogP contribution in [0.5, 0.6) is 0 Å². The highest BCUT2D eigenvalue weighted by molar-refractivity contribution is 5.90. The Bertz CT molecular complexity index is 548. The van der Waals surface area contributed by atoms with Crippen molar-refractivity contribution >= 4 is 5.91 Å². The topological polar surface area (TPSA) is 60.9 Å². The van der Waals surface area contributed by atoms with Crippen molar-refractivity contribution < 1.29 is 9.18 Å². The summed E-state index contributed by atoms with van der Waals surface area (Å²) in [5.41, 5.74) is 6.28. The zero-order valence-electron chi connectivity index (χ0n) is 8.64. The van der Waals surface area contributed by atoms with E-state index in [-0.39, 0.29) is 11.6 Å². The van der Waals surface area contributed by atoms with Gasteiger partial charge in [0.25, 0.3) is 5.91 Å². The lowest BCUT2D eigenvalue weighted by Gasteiger charge is -1.95. The zero-order chi connectivity index (χ0) is 11.7. The van der Waals surface area contributed by atoms with Gasteiger partial charge >= 0.3 is 0 Å². The van der Waals surface area contributed by atoms with Crippen LogP contribution >= 0.6 is 0 Å². The predicted molar refractivity (Wildman–Crippen MR) is 57.1 cm³/mol. The van der Waals surface area contributed by atoms with Crippen LogP contribution in [0.4, 0.5) is 4.39 Å². The maximum atomic E-state index is 13.0. The molecule has 0 radical (unpaired) electrons. The molecule has 1 aromatic carbocycles. The first-order valence-corrected chi connectivity index (χ1v) is 4.67. The van der Waals surface area contributed by atoms with Crippen LogP contribution in [0.2, 0.25) is 0 Å². The van der Waals surface area contributed by atoms with Crippen molar-refractivity contribution in [2.24, 2.45) is 12.8 Å². The number of hydrogen-bond donors (Lipinski definition) is 1. The summed E-state index contributed by atoms with van der Waals surface area (Å²) in [5.74, 6) is -0.798. The number of aryl methyl sites for hydroxylation is 1. The lowest BCUT2D eigenvalue weighted by atomic mass is 10.2. The molecule has 16 heavy (non-hydrogen) atoms. The van der Waals surface area contributed by atoms with E-state index in [1.54, 1.807) is 25.4 Å². The Morgan fingerprint density at radius 3 is 2.81 bits per heavy atom. The van der Waals surface area contributed by atoms with Crippen molar-refractivity contribution in [3.63, 3.8) is 0 Å². The Balaban J connectivity index is 2.49. The van der Waals surface area contributed by atoms with E-state index in [1.165, 1.54) is 16.7 Å². The van der Waals surface area contributed by atoms with Crippen molar-refractivity contribution in [1.29, 1.82) is 0 Å². The monoisotopic (exact) mass is 219 g/mol. The molecule has 0 atom stereocenters. The zero-order valence-corrected chi connectivity index (χ0v) is 8.64. The van der Waals surface area contributed by atoms with E-state index < -0.39 is 5.91 Å². The number of benzene rings is 1. The highest BCUT2D eigenvalue weighted by Crippen LogP contribution is 2.18. The normalized spacial score (nSPS) is 10.4.